The molecular weight excluding hydrogens is 370 g/mol. The molecule has 2 spiro atoms. The second-order valence-electron chi connectivity index (χ2n) is 10.1. The highest BCUT2D eigenvalue weighted by Crippen LogP contribution is 2.71. The van der Waals surface area contributed by atoms with E-state index in [0.717, 1.165) is 38.5 Å². The van der Waals surface area contributed by atoms with Crippen LogP contribution < -0.4 is 5.32 Å². The van der Waals surface area contributed by atoms with Crippen LogP contribution in [0, 0.1) is 11.3 Å². The molecule has 1 aliphatic heterocycles. The van der Waals surface area contributed by atoms with Crippen molar-refractivity contribution in [1.82, 2.24) is 25.2 Å². The van der Waals surface area contributed by atoms with Crippen LogP contribution in [0.15, 0.2) is 12.4 Å². The minimum atomic E-state index is -0.211. The third-order valence-corrected chi connectivity index (χ3v) is 8.17. The first-order valence-electron chi connectivity index (χ1n) is 11.1. The van der Waals surface area contributed by atoms with Gasteiger partial charge in [-0.15, -0.1) is 0 Å². The number of carbonyl (C=O) groups is 2. The fourth-order valence-electron chi connectivity index (χ4n) is 5.44. The summed E-state index contributed by atoms with van der Waals surface area (Å²) >= 11 is 0. The van der Waals surface area contributed by atoms with E-state index in [1.165, 1.54) is 12.8 Å². The molecule has 0 aromatic carbocycles. The van der Waals surface area contributed by atoms with Gasteiger partial charge in [-0.2, -0.15) is 15.0 Å². The number of nitrogens with one attached hydrogen (secondary N) is 1. The lowest BCUT2D eigenvalue weighted by molar-refractivity contribution is -0.174. The molecular formula is C21H29N5O3. The largest absolute Gasteiger partial charge is 0.373 e. The number of ether oxygens (including phenoxy) is 1. The van der Waals surface area contributed by atoms with Crippen LogP contribution in [-0.2, 0) is 19.9 Å². The van der Waals surface area contributed by atoms with Gasteiger partial charge in [0.25, 0.3) is 0 Å². The third-order valence-electron chi connectivity index (χ3n) is 8.17. The number of carbonyl (C=O) groups excluding carboxylic acids is 2. The van der Waals surface area contributed by atoms with Crippen LogP contribution >= 0.6 is 0 Å². The molecule has 0 bridgehead atoms. The van der Waals surface area contributed by atoms with Crippen molar-refractivity contribution in [3.8, 4) is 0 Å². The quantitative estimate of drug-likeness (QED) is 0.777. The molecule has 4 aliphatic carbocycles. The highest BCUT2D eigenvalue weighted by Gasteiger charge is 2.67. The molecule has 8 nitrogen and oxygen atoms in total. The Hall–Kier alpha value is -1.96. The van der Waals surface area contributed by atoms with E-state index in [1.54, 1.807) is 17.2 Å². The first-order valence-corrected chi connectivity index (χ1v) is 11.1. The van der Waals surface area contributed by atoms with E-state index >= 15 is 0 Å². The first kappa shape index (κ1) is 17.9. The average Bonchev–Trinajstić information content (AvgIpc) is 3.67. The summed E-state index contributed by atoms with van der Waals surface area (Å²) in [4.78, 5) is 29.6. The van der Waals surface area contributed by atoms with Gasteiger partial charge in [0.15, 0.2) is 0 Å². The predicted octanol–water partition coefficient (Wildman–Crippen LogP) is 1.22. The first-order chi connectivity index (χ1) is 14.0. The minimum absolute atomic E-state index is 0.0181. The second-order valence-corrected chi connectivity index (χ2v) is 10.1. The molecule has 1 N–H and O–H groups in total. The molecule has 1 saturated heterocycles. The molecule has 2 atom stereocenters. The number of aromatic nitrogens is 3. The Bertz CT molecular complexity index is 825. The van der Waals surface area contributed by atoms with Gasteiger partial charge in [-0.1, -0.05) is 0 Å². The van der Waals surface area contributed by atoms with E-state index in [-0.39, 0.29) is 29.0 Å². The summed E-state index contributed by atoms with van der Waals surface area (Å²) in [6.45, 7) is 1.69. The molecule has 2 heterocycles. The standard InChI is InChI=1S/C21H29N5O3/c27-17(22-13-20(6-7-20)26-23-8-9-24-26)10-15-12-25(21(14-29-15)2-1-3-21)18(28)16-11-19(16)4-5-19/h8-9,15-16H,1-7,10-14H2,(H,22,27). The van der Waals surface area contributed by atoms with Crippen molar-refractivity contribution in [2.75, 3.05) is 19.7 Å². The fourth-order valence-corrected chi connectivity index (χ4v) is 5.44. The van der Waals surface area contributed by atoms with Crippen LogP contribution in [0.25, 0.3) is 0 Å². The smallest absolute Gasteiger partial charge is 0.226 e. The molecule has 6 rings (SSSR count). The number of rotatable bonds is 6. The summed E-state index contributed by atoms with van der Waals surface area (Å²) in [5, 5.41) is 11.5. The van der Waals surface area contributed by atoms with Crippen LogP contribution in [0.1, 0.15) is 57.8 Å². The molecule has 1 aromatic heterocycles. The summed E-state index contributed by atoms with van der Waals surface area (Å²) < 4.78 is 6.09. The summed E-state index contributed by atoms with van der Waals surface area (Å²) in [7, 11) is 0. The van der Waals surface area contributed by atoms with Crippen LogP contribution in [-0.4, -0.2) is 63.0 Å². The van der Waals surface area contributed by atoms with Gasteiger partial charge in [-0.25, -0.2) is 0 Å². The monoisotopic (exact) mass is 399 g/mol. The van der Waals surface area contributed by atoms with Crippen molar-refractivity contribution in [2.45, 2.75) is 75.0 Å². The maximum Gasteiger partial charge on any atom is 0.226 e. The normalized spacial score (nSPS) is 31.9. The Kier molecular flexibility index (Phi) is 3.71. The van der Waals surface area contributed by atoms with Crippen LogP contribution in [0.5, 0.6) is 0 Å². The Balaban J connectivity index is 1.06. The summed E-state index contributed by atoms with van der Waals surface area (Å²) in [6, 6.07) is 0. The average molecular weight is 399 g/mol. The van der Waals surface area contributed by atoms with Gasteiger partial charge in [0.05, 0.1) is 42.6 Å². The van der Waals surface area contributed by atoms with Crippen molar-refractivity contribution in [1.29, 1.82) is 0 Å². The lowest BCUT2D eigenvalue weighted by atomic mass is 9.74. The number of morpholine rings is 1. The number of hydrogen-bond donors (Lipinski definition) is 1. The van der Waals surface area contributed by atoms with Crippen molar-refractivity contribution in [2.24, 2.45) is 11.3 Å². The third kappa shape index (κ3) is 2.90. The van der Waals surface area contributed by atoms with Gasteiger partial charge < -0.3 is 15.0 Å². The molecule has 4 saturated carbocycles. The van der Waals surface area contributed by atoms with Gasteiger partial charge in [0, 0.05) is 19.0 Å². The number of nitrogens with zero attached hydrogens (tertiary/aromatic N) is 4. The van der Waals surface area contributed by atoms with Gasteiger partial charge in [0.2, 0.25) is 11.8 Å². The Morgan fingerprint density at radius 2 is 1.86 bits per heavy atom. The van der Waals surface area contributed by atoms with Gasteiger partial charge >= 0.3 is 0 Å². The van der Waals surface area contributed by atoms with E-state index in [2.05, 4.69) is 20.4 Å². The molecule has 8 heteroatoms. The predicted molar refractivity (Wildman–Crippen MR) is 103 cm³/mol. The molecule has 5 fully saturated rings. The lowest BCUT2D eigenvalue weighted by Crippen LogP contribution is -2.65. The summed E-state index contributed by atoms with van der Waals surface area (Å²) in [5.74, 6) is 0.553. The molecule has 2 amide bonds. The number of hydrogen-bond acceptors (Lipinski definition) is 5. The van der Waals surface area contributed by atoms with E-state index < -0.39 is 0 Å². The summed E-state index contributed by atoms with van der Waals surface area (Å²) in [6.07, 6.45) is 12.2. The van der Waals surface area contributed by atoms with E-state index in [1.807, 2.05) is 0 Å². The molecule has 29 heavy (non-hydrogen) atoms. The molecule has 5 aliphatic rings. The van der Waals surface area contributed by atoms with Gasteiger partial charge in [-0.3, -0.25) is 9.59 Å². The van der Waals surface area contributed by atoms with Crippen molar-refractivity contribution < 1.29 is 14.3 Å². The van der Waals surface area contributed by atoms with Crippen LogP contribution in [0.2, 0.25) is 0 Å². The zero-order valence-corrected chi connectivity index (χ0v) is 16.8. The van der Waals surface area contributed by atoms with Crippen molar-refractivity contribution in [3.05, 3.63) is 12.4 Å². The zero-order valence-electron chi connectivity index (χ0n) is 16.8. The molecule has 156 valence electrons. The number of amides is 2. The lowest BCUT2D eigenvalue weighted by Gasteiger charge is -2.54. The fraction of sp³-hybridized carbons (Fsp3) is 0.810. The Morgan fingerprint density at radius 3 is 2.45 bits per heavy atom. The molecule has 0 radical (unpaired) electrons. The zero-order chi connectivity index (χ0) is 19.7. The maximum absolute atomic E-state index is 13.2. The van der Waals surface area contributed by atoms with E-state index in [9.17, 15) is 9.59 Å². The van der Waals surface area contributed by atoms with E-state index in [0.29, 0.717) is 37.4 Å². The maximum atomic E-state index is 13.2. The van der Waals surface area contributed by atoms with Gasteiger partial charge in [0.1, 0.15) is 0 Å². The topological polar surface area (TPSA) is 89.4 Å². The van der Waals surface area contributed by atoms with Crippen LogP contribution in [0.4, 0.5) is 0 Å². The van der Waals surface area contributed by atoms with Crippen molar-refractivity contribution in [3.63, 3.8) is 0 Å². The van der Waals surface area contributed by atoms with Crippen LogP contribution in [0.3, 0.4) is 0 Å². The molecule has 1 aromatic rings. The Morgan fingerprint density at radius 1 is 1.10 bits per heavy atom. The van der Waals surface area contributed by atoms with Crippen molar-refractivity contribution >= 4 is 11.8 Å². The molecule has 2 unspecified atom stereocenters. The minimum Gasteiger partial charge on any atom is -0.373 e. The Labute approximate surface area is 170 Å². The highest BCUT2D eigenvalue weighted by molar-refractivity contribution is 5.84. The summed E-state index contributed by atoms with van der Waals surface area (Å²) in [5.41, 5.74) is 0.119. The highest BCUT2D eigenvalue weighted by atomic mass is 16.5. The van der Waals surface area contributed by atoms with E-state index in [4.69, 9.17) is 4.74 Å². The second kappa shape index (κ2) is 6.03. The van der Waals surface area contributed by atoms with Gasteiger partial charge in [-0.05, 0) is 56.8 Å². The SMILES string of the molecule is O=C(CC1CN(C(=O)C2CC23CC3)C2(CCC2)CO1)NCC1(n2nccn2)CC1.